The van der Waals surface area contributed by atoms with Crippen molar-refractivity contribution in [3.63, 3.8) is 0 Å². The van der Waals surface area contributed by atoms with Gasteiger partial charge >= 0.3 is 0 Å². The Morgan fingerprint density at radius 2 is 2.38 bits per heavy atom. The second-order valence-corrected chi connectivity index (χ2v) is 4.49. The zero-order valence-corrected chi connectivity index (χ0v) is 8.99. The number of carbonyl (C=O) groups excluding carboxylic acids is 1. The predicted molar refractivity (Wildman–Crippen MR) is 61.3 cm³/mol. The first-order chi connectivity index (χ1) is 7.75. The SMILES string of the molecule is NC(=O)C1=CC2=C3NCCC3CNC2C=C1. The number of rotatable bonds is 1. The molecule has 2 atom stereocenters. The molecule has 2 heterocycles. The molecule has 84 valence electrons. The average molecular weight is 217 g/mol. The molecule has 0 spiro atoms. The maximum atomic E-state index is 11.2. The molecule has 0 aromatic rings. The van der Waals surface area contributed by atoms with E-state index in [9.17, 15) is 4.79 Å². The summed E-state index contributed by atoms with van der Waals surface area (Å²) in [5, 5.41) is 6.90. The van der Waals surface area contributed by atoms with Crippen LogP contribution in [-0.4, -0.2) is 25.0 Å². The van der Waals surface area contributed by atoms with Crippen molar-refractivity contribution in [1.82, 2.24) is 10.6 Å². The Morgan fingerprint density at radius 1 is 1.50 bits per heavy atom. The predicted octanol–water partition coefficient (Wildman–Crippen LogP) is -0.197. The normalized spacial score (nSPS) is 31.6. The van der Waals surface area contributed by atoms with Crippen LogP contribution in [0, 0.1) is 5.92 Å². The Bertz CT molecular complexity index is 434. The van der Waals surface area contributed by atoms with Crippen molar-refractivity contribution in [2.24, 2.45) is 11.7 Å². The minimum absolute atomic E-state index is 0.236. The summed E-state index contributed by atoms with van der Waals surface area (Å²) in [6.07, 6.45) is 6.90. The molecular weight excluding hydrogens is 202 g/mol. The lowest BCUT2D eigenvalue weighted by Gasteiger charge is -2.30. The van der Waals surface area contributed by atoms with Crippen molar-refractivity contribution < 1.29 is 4.79 Å². The molecule has 4 heteroatoms. The van der Waals surface area contributed by atoms with Crippen LogP contribution in [-0.2, 0) is 4.79 Å². The number of nitrogens with one attached hydrogen (secondary N) is 2. The first-order valence-electron chi connectivity index (χ1n) is 5.67. The van der Waals surface area contributed by atoms with Crippen LogP contribution >= 0.6 is 0 Å². The number of primary amides is 1. The van der Waals surface area contributed by atoms with Crippen LogP contribution in [0.5, 0.6) is 0 Å². The van der Waals surface area contributed by atoms with Gasteiger partial charge in [0.2, 0.25) is 5.91 Å². The van der Waals surface area contributed by atoms with Crippen LogP contribution < -0.4 is 16.4 Å². The molecule has 1 aliphatic carbocycles. The van der Waals surface area contributed by atoms with E-state index in [0.717, 1.165) is 13.1 Å². The van der Waals surface area contributed by atoms with Gasteiger partial charge in [-0.25, -0.2) is 0 Å². The monoisotopic (exact) mass is 217 g/mol. The van der Waals surface area contributed by atoms with Crippen LogP contribution in [0.15, 0.2) is 35.1 Å². The second kappa shape index (κ2) is 3.49. The first-order valence-corrected chi connectivity index (χ1v) is 5.67. The zero-order valence-electron chi connectivity index (χ0n) is 8.99. The van der Waals surface area contributed by atoms with Crippen molar-refractivity contribution in [2.45, 2.75) is 12.5 Å². The van der Waals surface area contributed by atoms with E-state index in [4.69, 9.17) is 5.73 Å². The number of amides is 1. The third kappa shape index (κ3) is 1.38. The summed E-state index contributed by atoms with van der Waals surface area (Å²) in [5.74, 6) is 0.214. The summed E-state index contributed by atoms with van der Waals surface area (Å²) in [6, 6.07) is 0.236. The van der Waals surface area contributed by atoms with Gasteiger partial charge in [-0.1, -0.05) is 12.2 Å². The molecule has 3 rings (SSSR count). The van der Waals surface area contributed by atoms with Crippen LogP contribution in [0.25, 0.3) is 0 Å². The van der Waals surface area contributed by atoms with E-state index < -0.39 is 0 Å². The number of carbonyl (C=O) groups is 1. The topological polar surface area (TPSA) is 67.2 Å². The summed E-state index contributed by atoms with van der Waals surface area (Å²) >= 11 is 0. The second-order valence-electron chi connectivity index (χ2n) is 4.49. The summed E-state index contributed by atoms with van der Waals surface area (Å²) in [7, 11) is 0. The van der Waals surface area contributed by atoms with Crippen molar-refractivity contribution >= 4 is 5.91 Å². The van der Waals surface area contributed by atoms with Crippen molar-refractivity contribution in [2.75, 3.05) is 13.1 Å². The molecule has 2 unspecified atom stereocenters. The van der Waals surface area contributed by atoms with Gasteiger partial charge in [0.05, 0.1) is 6.04 Å². The first kappa shape index (κ1) is 9.66. The Labute approximate surface area is 94.3 Å². The van der Waals surface area contributed by atoms with Gasteiger partial charge in [0.25, 0.3) is 0 Å². The lowest BCUT2D eigenvalue weighted by Crippen LogP contribution is -2.41. The van der Waals surface area contributed by atoms with Crippen molar-refractivity contribution in [3.05, 3.63) is 35.1 Å². The Hall–Kier alpha value is -1.55. The Balaban J connectivity index is 2.04. The molecule has 16 heavy (non-hydrogen) atoms. The third-order valence-corrected chi connectivity index (χ3v) is 3.51. The average Bonchev–Trinajstić information content (AvgIpc) is 2.76. The molecule has 4 N–H and O–H groups in total. The van der Waals surface area contributed by atoms with Crippen LogP contribution in [0.2, 0.25) is 0 Å². The fourth-order valence-corrected chi connectivity index (χ4v) is 2.67. The van der Waals surface area contributed by atoms with Crippen LogP contribution in [0.1, 0.15) is 6.42 Å². The van der Waals surface area contributed by atoms with E-state index in [2.05, 4.69) is 10.6 Å². The smallest absolute Gasteiger partial charge is 0.248 e. The fourth-order valence-electron chi connectivity index (χ4n) is 2.67. The van der Waals surface area contributed by atoms with E-state index in [1.165, 1.54) is 17.7 Å². The fraction of sp³-hybridized carbons (Fsp3) is 0.417. The molecule has 0 saturated carbocycles. The molecule has 0 aromatic carbocycles. The number of nitrogens with two attached hydrogens (primary N) is 1. The van der Waals surface area contributed by atoms with Gasteiger partial charge in [-0.3, -0.25) is 4.79 Å². The minimum Gasteiger partial charge on any atom is -0.388 e. The van der Waals surface area contributed by atoms with Crippen LogP contribution in [0.3, 0.4) is 0 Å². The molecule has 1 fully saturated rings. The number of fused-ring (bicyclic) bond motifs is 2. The van der Waals surface area contributed by atoms with Crippen LogP contribution in [0.4, 0.5) is 0 Å². The van der Waals surface area contributed by atoms with Gasteiger partial charge in [-0.05, 0) is 18.1 Å². The summed E-state index contributed by atoms with van der Waals surface area (Å²) in [6.45, 7) is 2.04. The highest BCUT2D eigenvalue weighted by atomic mass is 16.1. The van der Waals surface area contributed by atoms with Gasteiger partial charge in [0, 0.05) is 30.3 Å². The maximum Gasteiger partial charge on any atom is 0.248 e. The lowest BCUT2D eigenvalue weighted by atomic mass is 9.87. The summed E-state index contributed by atoms with van der Waals surface area (Å²) in [5.41, 5.74) is 8.38. The molecule has 2 aliphatic heterocycles. The van der Waals surface area contributed by atoms with Crippen molar-refractivity contribution in [1.29, 1.82) is 0 Å². The van der Waals surface area contributed by atoms with Crippen molar-refractivity contribution in [3.8, 4) is 0 Å². The third-order valence-electron chi connectivity index (χ3n) is 3.51. The summed E-state index contributed by atoms with van der Waals surface area (Å²) in [4.78, 5) is 11.2. The Morgan fingerprint density at radius 3 is 3.19 bits per heavy atom. The number of hydrogen-bond donors (Lipinski definition) is 3. The van der Waals surface area contributed by atoms with Gasteiger partial charge in [-0.15, -0.1) is 0 Å². The van der Waals surface area contributed by atoms with E-state index in [-0.39, 0.29) is 11.9 Å². The highest BCUT2D eigenvalue weighted by molar-refractivity contribution is 5.96. The summed E-state index contributed by atoms with van der Waals surface area (Å²) < 4.78 is 0. The minimum atomic E-state index is -0.358. The zero-order chi connectivity index (χ0) is 11.1. The molecular formula is C12H15N3O. The van der Waals surface area contributed by atoms with Gasteiger partial charge < -0.3 is 16.4 Å². The van der Waals surface area contributed by atoms with Gasteiger partial charge in [0.15, 0.2) is 0 Å². The van der Waals surface area contributed by atoms with Gasteiger partial charge in [-0.2, -0.15) is 0 Å². The molecule has 1 amide bonds. The highest BCUT2D eigenvalue weighted by Gasteiger charge is 2.31. The van der Waals surface area contributed by atoms with E-state index in [0.29, 0.717) is 11.5 Å². The number of hydrogen-bond acceptors (Lipinski definition) is 3. The molecule has 1 saturated heterocycles. The van der Waals surface area contributed by atoms with E-state index >= 15 is 0 Å². The molecule has 3 aliphatic rings. The lowest BCUT2D eigenvalue weighted by molar-refractivity contribution is -0.114. The highest BCUT2D eigenvalue weighted by Crippen LogP contribution is 2.31. The largest absolute Gasteiger partial charge is 0.388 e. The standard InChI is InChI=1S/C12H15N3O/c13-12(16)7-1-2-10-9(5-7)11-8(6-15-10)3-4-14-11/h1-2,5,8,10,14-15H,3-4,6H2,(H2,13,16). The molecule has 0 radical (unpaired) electrons. The van der Waals surface area contributed by atoms with E-state index in [1.54, 1.807) is 6.08 Å². The Kier molecular flexibility index (Phi) is 2.11. The quantitative estimate of drug-likeness (QED) is 0.570. The molecule has 0 aromatic heterocycles. The molecule has 0 bridgehead atoms. The van der Waals surface area contributed by atoms with E-state index in [1.807, 2.05) is 12.2 Å². The molecule has 4 nitrogen and oxygen atoms in total. The maximum absolute atomic E-state index is 11.2. The van der Waals surface area contributed by atoms with Gasteiger partial charge in [0.1, 0.15) is 0 Å².